The van der Waals surface area contributed by atoms with Gasteiger partial charge in [0.05, 0.1) is 12.8 Å². The second kappa shape index (κ2) is 6.51. The summed E-state index contributed by atoms with van der Waals surface area (Å²) in [7, 11) is 1.38. The molecule has 21 heavy (non-hydrogen) atoms. The number of ether oxygens (including phenoxy) is 2. The summed E-state index contributed by atoms with van der Waals surface area (Å²) in [6.45, 7) is 4.97. The molecule has 7 heteroatoms. The van der Waals surface area contributed by atoms with Gasteiger partial charge in [-0.05, 0) is 32.9 Å². The third-order valence-corrected chi connectivity index (χ3v) is 2.33. The Hall–Kier alpha value is -2.18. The van der Waals surface area contributed by atoms with Gasteiger partial charge in [-0.1, -0.05) is 0 Å². The van der Waals surface area contributed by atoms with Crippen molar-refractivity contribution in [2.45, 2.75) is 32.8 Å². The molecule has 0 aliphatic carbocycles. The van der Waals surface area contributed by atoms with E-state index in [1.807, 2.05) is 0 Å². The minimum absolute atomic E-state index is 0.0890. The first-order valence-electron chi connectivity index (χ1n) is 6.14. The number of hydrogen-bond donors (Lipinski definition) is 1. The monoisotopic (exact) mass is 301 g/mol. The van der Waals surface area contributed by atoms with E-state index in [1.165, 1.54) is 25.3 Å². The zero-order valence-corrected chi connectivity index (χ0v) is 12.2. The largest absolute Gasteiger partial charge is 0.497 e. The van der Waals surface area contributed by atoms with Crippen molar-refractivity contribution in [1.29, 1.82) is 0 Å². The number of amides is 1. The Morgan fingerprint density at radius 2 is 1.86 bits per heavy atom. The topological polar surface area (TPSA) is 64.6 Å². The number of halogens is 2. The summed E-state index contributed by atoms with van der Waals surface area (Å²) in [5, 5.41) is 2.28. The number of alkyl halides is 2. The first-order chi connectivity index (χ1) is 9.64. The molecule has 0 atom stereocenters. The Morgan fingerprint density at radius 1 is 1.24 bits per heavy atom. The van der Waals surface area contributed by atoms with E-state index in [9.17, 15) is 18.4 Å². The van der Waals surface area contributed by atoms with Crippen LogP contribution in [0.15, 0.2) is 18.2 Å². The third-order valence-electron chi connectivity index (χ3n) is 2.33. The van der Waals surface area contributed by atoms with E-state index in [0.29, 0.717) is 5.75 Å². The lowest BCUT2D eigenvalue weighted by Gasteiger charge is -2.20. The van der Waals surface area contributed by atoms with Crippen LogP contribution >= 0.6 is 0 Å². The first-order valence-corrected chi connectivity index (χ1v) is 6.14. The van der Waals surface area contributed by atoms with Gasteiger partial charge < -0.3 is 9.47 Å². The summed E-state index contributed by atoms with van der Waals surface area (Å²) in [5.41, 5.74) is -1.15. The highest BCUT2D eigenvalue weighted by molar-refractivity contribution is 6.05. The lowest BCUT2D eigenvalue weighted by Crippen LogP contribution is -2.28. The van der Waals surface area contributed by atoms with Gasteiger partial charge in [-0.2, -0.15) is 0 Å². The van der Waals surface area contributed by atoms with Gasteiger partial charge in [-0.15, -0.1) is 0 Å². The maximum absolute atomic E-state index is 12.6. The number of hydrogen-bond acceptors (Lipinski definition) is 4. The van der Waals surface area contributed by atoms with Crippen molar-refractivity contribution in [1.82, 2.24) is 0 Å². The van der Waals surface area contributed by atoms with Crippen molar-refractivity contribution in [2.75, 3.05) is 12.4 Å². The number of benzene rings is 1. The van der Waals surface area contributed by atoms with Crippen molar-refractivity contribution in [3.05, 3.63) is 23.8 Å². The molecule has 0 saturated carbocycles. The number of ketones is 1. The zero-order valence-electron chi connectivity index (χ0n) is 12.2. The number of Topliss-reactive ketones (excluding diaryl/α,β-unsaturated/α-hetero) is 1. The van der Waals surface area contributed by atoms with Crippen molar-refractivity contribution in [2.24, 2.45) is 0 Å². The van der Waals surface area contributed by atoms with E-state index in [1.54, 1.807) is 20.8 Å². The van der Waals surface area contributed by atoms with Crippen molar-refractivity contribution < 1.29 is 27.8 Å². The molecular formula is C14H17F2NO4. The summed E-state index contributed by atoms with van der Waals surface area (Å²) < 4.78 is 35.1. The predicted molar refractivity (Wildman–Crippen MR) is 73.2 cm³/mol. The number of carbonyl (C=O) groups is 2. The van der Waals surface area contributed by atoms with Gasteiger partial charge in [-0.3, -0.25) is 10.1 Å². The van der Waals surface area contributed by atoms with Gasteiger partial charge in [0.1, 0.15) is 11.4 Å². The molecule has 1 amide bonds. The van der Waals surface area contributed by atoms with Crippen molar-refractivity contribution in [3.8, 4) is 5.75 Å². The molecule has 0 unspecified atom stereocenters. The number of anilines is 1. The summed E-state index contributed by atoms with van der Waals surface area (Å²) in [6, 6.07) is 3.80. The molecular weight excluding hydrogens is 284 g/mol. The van der Waals surface area contributed by atoms with E-state index in [4.69, 9.17) is 9.47 Å². The van der Waals surface area contributed by atoms with Gasteiger partial charge in [0, 0.05) is 11.6 Å². The molecule has 0 bridgehead atoms. The molecule has 1 aromatic rings. The van der Waals surface area contributed by atoms with Gasteiger partial charge in [0.15, 0.2) is 0 Å². The standard InChI is InChI=1S/C14H17F2NO4/c1-14(2,3)21-13(19)17-10-7-8(20-4)5-6-9(10)11(18)12(15)16/h5-7,12H,1-4H3,(H,17,19). The molecule has 0 fully saturated rings. The van der Waals surface area contributed by atoms with Crippen LogP contribution in [0.25, 0.3) is 0 Å². The van der Waals surface area contributed by atoms with Crippen LogP contribution in [-0.2, 0) is 4.74 Å². The molecule has 1 N–H and O–H groups in total. The molecule has 0 heterocycles. The Morgan fingerprint density at radius 3 is 2.33 bits per heavy atom. The maximum atomic E-state index is 12.6. The summed E-state index contributed by atoms with van der Waals surface area (Å²) in [4.78, 5) is 23.1. The quantitative estimate of drug-likeness (QED) is 0.865. The zero-order chi connectivity index (χ0) is 16.2. The lowest BCUT2D eigenvalue weighted by atomic mass is 10.1. The molecule has 0 aromatic heterocycles. The Balaban J connectivity index is 3.07. The van der Waals surface area contributed by atoms with Crippen LogP contribution in [-0.4, -0.2) is 31.0 Å². The predicted octanol–water partition coefficient (Wildman–Crippen LogP) is 3.49. The second-order valence-corrected chi connectivity index (χ2v) is 5.20. The van der Waals surface area contributed by atoms with Gasteiger partial charge >= 0.3 is 12.5 Å². The fraction of sp³-hybridized carbons (Fsp3) is 0.429. The van der Waals surface area contributed by atoms with Crippen LogP contribution in [0.5, 0.6) is 5.75 Å². The highest BCUT2D eigenvalue weighted by Crippen LogP contribution is 2.25. The van der Waals surface area contributed by atoms with E-state index in [2.05, 4.69) is 5.32 Å². The van der Waals surface area contributed by atoms with Crippen LogP contribution in [0, 0.1) is 0 Å². The van der Waals surface area contributed by atoms with Crippen LogP contribution in [0.3, 0.4) is 0 Å². The molecule has 1 aromatic carbocycles. The van der Waals surface area contributed by atoms with Crippen molar-refractivity contribution in [3.63, 3.8) is 0 Å². The third kappa shape index (κ3) is 5.02. The highest BCUT2D eigenvalue weighted by atomic mass is 19.3. The Bertz CT molecular complexity index is 538. The minimum atomic E-state index is -3.17. The minimum Gasteiger partial charge on any atom is -0.497 e. The maximum Gasteiger partial charge on any atom is 0.412 e. The summed E-state index contributed by atoms with van der Waals surface area (Å²) in [6.07, 6.45) is -4.02. The fourth-order valence-electron chi connectivity index (χ4n) is 1.50. The normalized spacial score (nSPS) is 11.2. The van der Waals surface area contributed by atoms with Crippen LogP contribution in [0.1, 0.15) is 31.1 Å². The Labute approximate surface area is 121 Å². The van der Waals surface area contributed by atoms with Crippen molar-refractivity contribution >= 4 is 17.6 Å². The Kier molecular flexibility index (Phi) is 5.23. The SMILES string of the molecule is COc1ccc(C(=O)C(F)F)c(NC(=O)OC(C)(C)C)c1. The molecule has 0 saturated heterocycles. The van der Waals surface area contributed by atoms with E-state index in [0.717, 1.165) is 0 Å². The van der Waals surface area contributed by atoms with Crippen LogP contribution in [0.2, 0.25) is 0 Å². The molecule has 1 rings (SSSR count). The second-order valence-electron chi connectivity index (χ2n) is 5.20. The molecule has 5 nitrogen and oxygen atoms in total. The highest BCUT2D eigenvalue weighted by Gasteiger charge is 2.24. The lowest BCUT2D eigenvalue weighted by molar-refractivity contribution is 0.0635. The smallest absolute Gasteiger partial charge is 0.412 e. The summed E-state index contributed by atoms with van der Waals surface area (Å²) >= 11 is 0. The fourth-order valence-corrected chi connectivity index (χ4v) is 1.50. The molecule has 0 aliphatic rings. The van der Waals surface area contributed by atoms with Gasteiger partial charge in [0.2, 0.25) is 5.78 Å². The molecule has 0 spiro atoms. The van der Waals surface area contributed by atoms with Crippen LogP contribution < -0.4 is 10.1 Å². The van der Waals surface area contributed by atoms with Gasteiger partial charge in [-0.25, -0.2) is 13.6 Å². The first kappa shape index (κ1) is 16.9. The number of methoxy groups -OCH3 is 1. The number of carbonyl (C=O) groups excluding carboxylic acids is 2. The van der Waals surface area contributed by atoms with E-state index < -0.39 is 23.9 Å². The van der Waals surface area contributed by atoms with Gasteiger partial charge in [0.25, 0.3) is 0 Å². The molecule has 116 valence electrons. The number of nitrogens with one attached hydrogen (secondary N) is 1. The molecule has 0 radical (unpaired) electrons. The number of rotatable bonds is 4. The molecule has 0 aliphatic heterocycles. The average Bonchev–Trinajstić information content (AvgIpc) is 2.35. The van der Waals surface area contributed by atoms with E-state index in [-0.39, 0.29) is 11.3 Å². The van der Waals surface area contributed by atoms with E-state index >= 15 is 0 Å². The summed E-state index contributed by atoms with van der Waals surface area (Å²) in [5.74, 6) is -1.07. The average molecular weight is 301 g/mol. The van der Waals surface area contributed by atoms with Crippen LogP contribution in [0.4, 0.5) is 19.3 Å².